The number of anilines is 1. The summed E-state index contributed by atoms with van der Waals surface area (Å²) in [7, 11) is 0. The van der Waals surface area contributed by atoms with Crippen molar-refractivity contribution in [2.45, 2.75) is 32.5 Å². The van der Waals surface area contributed by atoms with E-state index in [0.29, 0.717) is 12.4 Å². The van der Waals surface area contributed by atoms with Gasteiger partial charge in [0, 0.05) is 19.3 Å². The van der Waals surface area contributed by atoms with E-state index in [4.69, 9.17) is 4.74 Å². The Kier molecular flexibility index (Phi) is 5.11. The molecular weight excluding hydrogens is 345 g/mol. The molecule has 3 aromatic rings. The third-order valence-electron chi connectivity index (χ3n) is 4.76. The topological polar surface area (TPSA) is 56.1 Å². The van der Waals surface area contributed by atoms with E-state index in [1.165, 1.54) is 12.1 Å². The van der Waals surface area contributed by atoms with E-state index in [9.17, 15) is 4.39 Å². The first-order chi connectivity index (χ1) is 13.2. The van der Waals surface area contributed by atoms with Crippen molar-refractivity contribution >= 4 is 5.82 Å². The molecule has 0 spiro atoms. The summed E-state index contributed by atoms with van der Waals surface area (Å²) in [5.74, 6) is 1.37. The van der Waals surface area contributed by atoms with Crippen LogP contribution in [-0.2, 0) is 11.3 Å². The number of nitrogens with zero attached hydrogens (tertiary/aromatic N) is 5. The fourth-order valence-corrected chi connectivity index (χ4v) is 3.20. The number of benzene rings is 1. The second-order valence-corrected chi connectivity index (χ2v) is 6.78. The third kappa shape index (κ3) is 4.31. The summed E-state index contributed by atoms with van der Waals surface area (Å²) < 4.78 is 20.6. The Balaban J connectivity index is 1.29. The summed E-state index contributed by atoms with van der Waals surface area (Å²) in [5, 5.41) is 13.0. The summed E-state index contributed by atoms with van der Waals surface area (Å²) in [6, 6.07) is 12.3. The Morgan fingerprint density at radius 1 is 1.00 bits per heavy atom. The number of halogens is 1. The van der Waals surface area contributed by atoms with E-state index in [-0.39, 0.29) is 11.9 Å². The number of aromatic nitrogens is 4. The number of aryl methyl sites for hydroxylation is 1. The molecule has 6 nitrogen and oxygen atoms in total. The first-order valence-electron chi connectivity index (χ1n) is 9.15. The van der Waals surface area contributed by atoms with E-state index >= 15 is 0 Å². The lowest BCUT2D eigenvalue weighted by Gasteiger charge is -2.32. The van der Waals surface area contributed by atoms with Crippen LogP contribution in [0.4, 0.5) is 10.2 Å². The van der Waals surface area contributed by atoms with E-state index < -0.39 is 0 Å². The van der Waals surface area contributed by atoms with E-state index in [1.54, 1.807) is 16.8 Å². The monoisotopic (exact) mass is 367 g/mol. The molecule has 0 radical (unpaired) electrons. The van der Waals surface area contributed by atoms with Crippen LogP contribution in [0.1, 0.15) is 24.1 Å². The van der Waals surface area contributed by atoms with E-state index in [1.807, 2.05) is 31.3 Å². The average Bonchev–Trinajstić information content (AvgIpc) is 3.14. The standard InChI is InChI=1S/C20H22FN5O/c1-15-8-13-26(24-15)20-7-6-19(22-23-20)25-11-9-18(10-12-25)27-14-16-2-4-17(21)5-3-16/h2-8,13,18H,9-12,14H2,1H3. The molecule has 2 aromatic heterocycles. The highest BCUT2D eigenvalue weighted by molar-refractivity contribution is 5.40. The molecule has 4 rings (SSSR count). The average molecular weight is 367 g/mol. The lowest BCUT2D eigenvalue weighted by Crippen LogP contribution is -2.37. The van der Waals surface area contributed by atoms with Crippen molar-refractivity contribution < 1.29 is 9.13 Å². The molecule has 140 valence electrons. The van der Waals surface area contributed by atoms with Gasteiger partial charge < -0.3 is 9.64 Å². The largest absolute Gasteiger partial charge is 0.373 e. The molecular formula is C20H22FN5O. The maximum Gasteiger partial charge on any atom is 0.175 e. The smallest absolute Gasteiger partial charge is 0.175 e. The van der Waals surface area contributed by atoms with Gasteiger partial charge in [-0.1, -0.05) is 12.1 Å². The lowest BCUT2D eigenvalue weighted by atomic mass is 10.1. The first-order valence-corrected chi connectivity index (χ1v) is 9.15. The van der Waals surface area contributed by atoms with Gasteiger partial charge >= 0.3 is 0 Å². The van der Waals surface area contributed by atoms with Crippen molar-refractivity contribution in [3.63, 3.8) is 0 Å². The van der Waals surface area contributed by atoms with Crippen LogP contribution in [0.2, 0.25) is 0 Å². The van der Waals surface area contributed by atoms with Crippen molar-refractivity contribution in [1.29, 1.82) is 0 Å². The molecule has 1 aliphatic heterocycles. The molecule has 27 heavy (non-hydrogen) atoms. The van der Waals surface area contributed by atoms with Gasteiger partial charge in [-0.3, -0.25) is 0 Å². The van der Waals surface area contributed by atoms with Gasteiger partial charge in [0.2, 0.25) is 0 Å². The highest BCUT2D eigenvalue weighted by Gasteiger charge is 2.21. The summed E-state index contributed by atoms with van der Waals surface area (Å²) in [6.07, 6.45) is 3.96. The number of piperidine rings is 1. The van der Waals surface area contributed by atoms with E-state index in [0.717, 1.165) is 43.0 Å². The molecule has 0 saturated carbocycles. The van der Waals surface area contributed by atoms with Crippen LogP contribution >= 0.6 is 0 Å². The summed E-state index contributed by atoms with van der Waals surface area (Å²) in [6.45, 7) is 4.22. The fraction of sp³-hybridized carbons (Fsp3) is 0.350. The summed E-state index contributed by atoms with van der Waals surface area (Å²) in [4.78, 5) is 2.23. The van der Waals surface area contributed by atoms with Crippen LogP contribution in [0.5, 0.6) is 0 Å². The molecule has 1 aliphatic rings. The molecule has 1 fully saturated rings. The van der Waals surface area contributed by atoms with Gasteiger partial charge in [-0.15, -0.1) is 10.2 Å². The fourth-order valence-electron chi connectivity index (χ4n) is 3.20. The quantitative estimate of drug-likeness (QED) is 0.693. The van der Waals surface area contributed by atoms with Crippen LogP contribution in [0.3, 0.4) is 0 Å². The summed E-state index contributed by atoms with van der Waals surface area (Å²) >= 11 is 0. The molecule has 3 heterocycles. The highest BCUT2D eigenvalue weighted by atomic mass is 19.1. The van der Waals surface area contributed by atoms with Gasteiger partial charge in [-0.05, 0) is 55.7 Å². The molecule has 1 aromatic carbocycles. The second-order valence-electron chi connectivity index (χ2n) is 6.78. The Bertz CT molecular complexity index is 870. The van der Waals surface area contributed by atoms with Gasteiger partial charge in [-0.25, -0.2) is 9.07 Å². The maximum absolute atomic E-state index is 12.9. The van der Waals surface area contributed by atoms with Crippen molar-refractivity contribution in [2.75, 3.05) is 18.0 Å². The van der Waals surface area contributed by atoms with Gasteiger partial charge in [0.1, 0.15) is 5.82 Å². The SMILES string of the molecule is Cc1ccn(-c2ccc(N3CCC(OCc4ccc(F)cc4)CC3)nn2)n1. The van der Waals surface area contributed by atoms with Crippen LogP contribution in [0.25, 0.3) is 5.82 Å². The van der Waals surface area contributed by atoms with Crippen molar-refractivity contribution in [3.05, 3.63) is 65.7 Å². The van der Waals surface area contributed by atoms with Crippen molar-refractivity contribution in [2.24, 2.45) is 0 Å². The zero-order valence-corrected chi connectivity index (χ0v) is 15.3. The molecule has 0 aliphatic carbocycles. The van der Waals surface area contributed by atoms with Crippen LogP contribution in [0, 0.1) is 12.7 Å². The lowest BCUT2D eigenvalue weighted by molar-refractivity contribution is 0.0250. The Hall–Kier alpha value is -2.80. The third-order valence-corrected chi connectivity index (χ3v) is 4.76. The van der Waals surface area contributed by atoms with Gasteiger partial charge in [0.05, 0.1) is 18.4 Å². The predicted octanol–water partition coefficient (Wildman–Crippen LogP) is 3.30. The second kappa shape index (κ2) is 7.84. The summed E-state index contributed by atoms with van der Waals surface area (Å²) in [5.41, 5.74) is 1.94. The molecule has 0 atom stereocenters. The van der Waals surface area contributed by atoms with Gasteiger partial charge in [0.15, 0.2) is 11.6 Å². The molecule has 0 N–H and O–H groups in total. The molecule has 0 unspecified atom stereocenters. The zero-order chi connectivity index (χ0) is 18.6. The van der Waals surface area contributed by atoms with Crippen LogP contribution in [-0.4, -0.2) is 39.2 Å². The first kappa shape index (κ1) is 17.6. The Labute approximate surface area is 157 Å². The van der Waals surface area contributed by atoms with Crippen LogP contribution in [0.15, 0.2) is 48.7 Å². The molecule has 0 bridgehead atoms. The molecule has 7 heteroatoms. The highest BCUT2D eigenvalue weighted by Crippen LogP contribution is 2.20. The minimum absolute atomic E-state index is 0.214. The van der Waals surface area contributed by atoms with Gasteiger partial charge in [0.25, 0.3) is 0 Å². The normalized spacial score (nSPS) is 15.3. The van der Waals surface area contributed by atoms with Crippen molar-refractivity contribution in [3.8, 4) is 5.82 Å². The number of hydrogen-bond donors (Lipinski definition) is 0. The minimum Gasteiger partial charge on any atom is -0.373 e. The number of ether oxygens (including phenoxy) is 1. The number of hydrogen-bond acceptors (Lipinski definition) is 5. The van der Waals surface area contributed by atoms with Crippen molar-refractivity contribution in [1.82, 2.24) is 20.0 Å². The van der Waals surface area contributed by atoms with Gasteiger partial charge in [-0.2, -0.15) is 5.10 Å². The number of rotatable bonds is 5. The Morgan fingerprint density at radius 2 is 1.70 bits per heavy atom. The van der Waals surface area contributed by atoms with Crippen LogP contribution < -0.4 is 4.90 Å². The Morgan fingerprint density at radius 3 is 2.33 bits per heavy atom. The maximum atomic E-state index is 12.9. The van der Waals surface area contributed by atoms with E-state index in [2.05, 4.69) is 20.2 Å². The molecule has 0 amide bonds. The zero-order valence-electron chi connectivity index (χ0n) is 15.3. The minimum atomic E-state index is -0.220. The predicted molar refractivity (Wildman–Crippen MR) is 100 cm³/mol. The molecule has 1 saturated heterocycles.